The van der Waals surface area contributed by atoms with Crippen LogP contribution in [0.2, 0.25) is 0 Å². The highest BCUT2D eigenvalue weighted by Gasteiger charge is 2.22. The molecule has 0 saturated carbocycles. The van der Waals surface area contributed by atoms with Gasteiger partial charge in [0.1, 0.15) is 0 Å². The highest BCUT2D eigenvalue weighted by Crippen LogP contribution is 2.45. The van der Waals surface area contributed by atoms with Crippen molar-refractivity contribution in [3.05, 3.63) is 224 Å². The zero-order chi connectivity index (χ0) is 40.0. The highest BCUT2D eigenvalue weighted by atomic mass is 15.0. The van der Waals surface area contributed by atoms with Crippen LogP contribution in [0, 0.1) is 0 Å². The molecule has 0 fully saturated rings. The summed E-state index contributed by atoms with van der Waals surface area (Å²) < 4.78 is 7.35. The number of benzene rings is 10. The van der Waals surface area contributed by atoms with Crippen molar-refractivity contribution in [3.63, 3.8) is 0 Å². The molecule has 3 aromatic heterocycles. The molecule has 0 amide bonds. The normalized spacial score (nSPS) is 11.9. The first kappa shape index (κ1) is 33.8. The van der Waals surface area contributed by atoms with Crippen LogP contribution in [0.25, 0.3) is 116 Å². The molecule has 0 N–H and O–H groups in total. The largest absolute Gasteiger partial charge is 0.309 e. The zero-order valence-corrected chi connectivity index (χ0v) is 33.2. The molecule has 0 bridgehead atoms. The van der Waals surface area contributed by atoms with Crippen LogP contribution in [0.1, 0.15) is 0 Å². The quantitative estimate of drug-likeness (QED) is 0.165. The van der Waals surface area contributed by atoms with Crippen molar-refractivity contribution in [2.75, 3.05) is 0 Å². The molecule has 0 radical (unpaired) electrons. The van der Waals surface area contributed by atoms with Gasteiger partial charge in [0.2, 0.25) is 0 Å². The number of hydrogen-bond donors (Lipinski definition) is 0. The summed E-state index contributed by atoms with van der Waals surface area (Å²) in [7, 11) is 0. The molecule has 13 rings (SSSR count). The van der Waals surface area contributed by atoms with Crippen molar-refractivity contribution in [3.8, 4) is 39.3 Å². The van der Waals surface area contributed by atoms with E-state index in [1.807, 2.05) is 0 Å². The van der Waals surface area contributed by atoms with Gasteiger partial charge in [-0.1, -0.05) is 152 Å². The van der Waals surface area contributed by atoms with Gasteiger partial charge in [-0.2, -0.15) is 0 Å². The lowest BCUT2D eigenvalue weighted by molar-refractivity contribution is 1.17. The molecule has 3 heteroatoms. The fraction of sp³-hybridized carbons (Fsp3) is 0. The van der Waals surface area contributed by atoms with Crippen LogP contribution in [0.4, 0.5) is 0 Å². The first-order valence-electron chi connectivity index (χ1n) is 21.0. The molecule has 13 aromatic rings. The summed E-state index contributed by atoms with van der Waals surface area (Å²) in [6, 6.07) is 82.3. The predicted octanol–water partition coefficient (Wildman–Crippen LogP) is 15.5. The summed E-state index contributed by atoms with van der Waals surface area (Å²) in [5.74, 6) is 0. The van der Waals surface area contributed by atoms with E-state index in [2.05, 4.69) is 238 Å². The van der Waals surface area contributed by atoms with E-state index < -0.39 is 0 Å². The third kappa shape index (κ3) is 5.04. The molecular formula is C58H37N3. The maximum absolute atomic E-state index is 2.52. The van der Waals surface area contributed by atoms with E-state index in [-0.39, 0.29) is 0 Å². The summed E-state index contributed by atoms with van der Waals surface area (Å²) in [6.45, 7) is 0. The maximum Gasteiger partial charge on any atom is 0.0625 e. The van der Waals surface area contributed by atoms with E-state index in [1.54, 1.807) is 0 Å². The summed E-state index contributed by atoms with van der Waals surface area (Å²) in [5, 5.41) is 9.91. The number of fused-ring (bicyclic) bond motifs is 10. The lowest BCUT2D eigenvalue weighted by Gasteiger charge is -2.16. The highest BCUT2D eigenvalue weighted by molar-refractivity contribution is 6.22. The minimum absolute atomic E-state index is 1.14. The molecule has 0 unspecified atom stereocenters. The molecule has 3 heterocycles. The van der Waals surface area contributed by atoms with Crippen molar-refractivity contribution in [2.24, 2.45) is 0 Å². The lowest BCUT2D eigenvalue weighted by atomic mass is 9.94. The van der Waals surface area contributed by atoms with Crippen molar-refractivity contribution < 1.29 is 0 Å². The van der Waals surface area contributed by atoms with Gasteiger partial charge in [0, 0.05) is 54.9 Å². The molecule has 3 nitrogen and oxygen atoms in total. The first-order valence-corrected chi connectivity index (χ1v) is 21.0. The summed E-state index contributed by atoms with van der Waals surface area (Å²) in [6.07, 6.45) is 0. The van der Waals surface area contributed by atoms with Crippen molar-refractivity contribution in [1.82, 2.24) is 13.7 Å². The van der Waals surface area contributed by atoms with Gasteiger partial charge in [0.15, 0.2) is 0 Å². The molecule has 0 saturated heterocycles. The van der Waals surface area contributed by atoms with Crippen LogP contribution in [-0.4, -0.2) is 13.7 Å². The van der Waals surface area contributed by atoms with Gasteiger partial charge >= 0.3 is 0 Å². The fourth-order valence-electron chi connectivity index (χ4n) is 10.1. The van der Waals surface area contributed by atoms with E-state index in [4.69, 9.17) is 0 Å². The maximum atomic E-state index is 2.52. The fourth-order valence-corrected chi connectivity index (χ4v) is 10.1. The number of aromatic nitrogens is 3. The van der Waals surface area contributed by atoms with Gasteiger partial charge in [-0.05, 0) is 100 Å². The smallest absolute Gasteiger partial charge is 0.0625 e. The lowest BCUT2D eigenvalue weighted by Crippen LogP contribution is -1.98. The van der Waals surface area contributed by atoms with Crippen molar-refractivity contribution >= 4 is 76.2 Å². The Morgan fingerprint density at radius 1 is 0.230 bits per heavy atom. The zero-order valence-electron chi connectivity index (χ0n) is 33.2. The van der Waals surface area contributed by atoms with Crippen molar-refractivity contribution in [2.45, 2.75) is 0 Å². The molecule has 10 aromatic carbocycles. The summed E-state index contributed by atoms with van der Waals surface area (Å²) >= 11 is 0. The standard InChI is InChI=1S/C58H37N3/c1-3-15-38(16-4-1)39-27-30-43(31-28-39)59-53-25-13-10-22-47(53)50-37-44(32-34-55(50)59)61-54-26-14-11-23-48(54)51-35-40-17-7-8-20-45(40)57(58(51)61)41-29-33-49-46-21-9-12-24-52(46)60(56(49)36-41)42-18-5-2-6-19-42/h1-37H. The average molecular weight is 776 g/mol. The van der Waals surface area contributed by atoms with Crippen LogP contribution < -0.4 is 0 Å². The molecular weight excluding hydrogens is 739 g/mol. The van der Waals surface area contributed by atoms with Crippen LogP contribution in [-0.2, 0) is 0 Å². The predicted molar refractivity (Wildman–Crippen MR) is 258 cm³/mol. The number of nitrogens with zero attached hydrogens (tertiary/aromatic N) is 3. The molecule has 0 aliphatic heterocycles. The van der Waals surface area contributed by atoms with E-state index in [1.165, 1.54) is 98.4 Å². The van der Waals surface area contributed by atoms with Gasteiger partial charge in [0.25, 0.3) is 0 Å². The molecule has 0 aliphatic carbocycles. The molecule has 61 heavy (non-hydrogen) atoms. The Morgan fingerprint density at radius 3 is 1.43 bits per heavy atom. The Hall–Kier alpha value is -8.14. The second-order valence-electron chi connectivity index (χ2n) is 16.1. The van der Waals surface area contributed by atoms with Gasteiger partial charge < -0.3 is 13.7 Å². The minimum atomic E-state index is 1.14. The van der Waals surface area contributed by atoms with Crippen LogP contribution in [0.3, 0.4) is 0 Å². The Labute approximate surface area is 352 Å². The molecule has 284 valence electrons. The molecule has 0 spiro atoms. The van der Waals surface area contributed by atoms with Crippen molar-refractivity contribution in [1.29, 1.82) is 0 Å². The third-order valence-corrected chi connectivity index (χ3v) is 12.8. The van der Waals surface area contributed by atoms with Gasteiger partial charge in [-0.3, -0.25) is 0 Å². The Kier molecular flexibility index (Phi) is 7.31. The topological polar surface area (TPSA) is 14.8 Å². The number of rotatable bonds is 5. The summed E-state index contributed by atoms with van der Waals surface area (Å²) in [5.41, 5.74) is 15.5. The summed E-state index contributed by atoms with van der Waals surface area (Å²) in [4.78, 5) is 0. The SMILES string of the molecule is c1ccc(-c2ccc(-n3c4ccccc4c4cc(-n5c6ccccc6c6cc7ccccc7c(-c7ccc8c9ccccc9n(-c9ccccc9)c8c7)c65)ccc43)cc2)cc1. The number of para-hydroxylation sites is 4. The van der Waals surface area contributed by atoms with E-state index in [9.17, 15) is 0 Å². The monoisotopic (exact) mass is 775 g/mol. The molecule has 0 atom stereocenters. The second-order valence-corrected chi connectivity index (χ2v) is 16.1. The average Bonchev–Trinajstić information content (AvgIpc) is 3.96. The second kappa shape index (κ2) is 13.2. The van der Waals surface area contributed by atoms with Gasteiger partial charge in [-0.25, -0.2) is 0 Å². The Balaban J connectivity index is 1.09. The Bertz CT molecular complexity index is 3850. The van der Waals surface area contributed by atoms with E-state index in [0.717, 1.165) is 17.1 Å². The minimum Gasteiger partial charge on any atom is -0.309 e. The van der Waals surface area contributed by atoms with Gasteiger partial charge in [0.05, 0.1) is 33.1 Å². The van der Waals surface area contributed by atoms with Crippen LogP contribution in [0.15, 0.2) is 224 Å². The van der Waals surface area contributed by atoms with Crippen LogP contribution >= 0.6 is 0 Å². The van der Waals surface area contributed by atoms with E-state index >= 15 is 0 Å². The van der Waals surface area contributed by atoms with Gasteiger partial charge in [-0.15, -0.1) is 0 Å². The Morgan fingerprint density at radius 2 is 0.705 bits per heavy atom. The van der Waals surface area contributed by atoms with E-state index in [0.29, 0.717) is 0 Å². The third-order valence-electron chi connectivity index (χ3n) is 12.8. The van der Waals surface area contributed by atoms with Crippen LogP contribution in [0.5, 0.6) is 0 Å². The first-order chi connectivity index (χ1) is 30.3. The molecule has 0 aliphatic rings. The number of hydrogen-bond acceptors (Lipinski definition) is 0.